The molecule has 0 saturated heterocycles. The summed E-state index contributed by atoms with van der Waals surface area (Å²) >= 11 is 0. The average molecular weight is 526 g/mol. The number of carbonyl (C=O) groups excluding carboxylic acids is 3. The molecule has 1 amide bonds. The third kappa shape index (κ3) is 13.6. The predicted octanol–water partition coefficient (Wildman–Crippen LogP) is 6.18. The molecule has 3 atom stereocenters. The van der Waals surface area contributed by atoms with Crippen LogP contribution in [-0.2, 0) is 28.6 Å². The van der Waals surface area contributed by atoms with Gasteiger partial charge in [-0.2, -0.15) is 0 Å². The van der Waals surface area contributed by atoms with E-state index in [1.54, 1.807) is 13.8 Å². The van der Waals surface area contributed by atoms with E-state index in [1.165, 1.54) is 0 Å². The molecule has 3 unspecified atom stereocenters. The SMILES string of the molecule is C=C(C)C(=O)OCCNC(=O)C(C)(CC)OCCCCCC(=O)C(C)(CC)OCC(C)CC(C)(C)CC. The van der Waals surface area contributed by atoms with Gasteiger partial charge in [-0.05, 0) is 64.2 Å². The van der Waals surface area contributed by atoms with E-state index < -0.39 is 17.2 Å². The van der Waals surface area contributed by atoms with Gasteiger partial charge in [0, 0.05) is 18.6 Å². The minimum Gasteiger partial charge on any atom is -0.460 e. The van der Waals surface area contributed by atoms with Crippen LogP contribution in [0.15, 0.2) is 12.2 Å². The van der Waals surface area contributed by atoms with Crippen molar-refractivity contribution in [3.05, 3.63) is 12.2 Å². The molecule has 0 saturated carbocycles. The maximum Gasteiger partial charge on any atom is 0.333 e. The van der Waals surface area contributed by atoms with Crippen LogP contribution in [0.2, 0.25) is 0 Å². The maximum absolute atomic E-state index is 12.9. The molecule has 7 heteroatoms. The smallest absolute Gasteiger partial charge is 0.333 e. The Morgan fingerprint density at radius 1 is 0.865 bits per heavy atom. The second kappa shape index (κ2) is 17.0. The van der Waals surface area contributed by atoms with Crippen LogP contribution >= 0.6 is 0 Å². The summed E-state index contributed by atoms with van der Waals surface area (Å²) < 4.78 is 17.1. The number of rotatable bonds is 21. The second-order valence-electron chi connectivity index (χ2n) is 11.6. The van der Waals surface area contributed by atoms with Gasteiger partial charge in [0.1, 0.15) is 17.8 Å². The highest BCUT2D eigenvalue weighted by Crippen LogP contribution is 2.30. The van der Waals surface area contributed by atoms with Crippen LogP contribution in [0.5, 0.6) is 0 Å². The summed E-state index contributed by atoms with van der Waals surface area (Å²) in [6.45, 7) is 23.0. The molecule has 1 N–H and O–H groups in total. The van der Waals surface area contributed by atoms with Gasteiger partial charge >= 0.3 is 5.97 Å². The number of carbonyl (C=O) groups is 3. The molecule has 0 aliphatic carbocycles. The second-order valence-corrected chi connectivity index (χ2v) is 11.6. The molecule has 0 heterocycles. The van der Waals surface area contributed by atoms with Gasteiger partial charge in [0.25, 0.3) is 5.91 Å². The highest BCUT2D eigenvalue weighted by Gasteiger charge is 2.33. The van der Waals surface area contributed by atoms with Crippen molar-refractivity contribution < 1.29 is 28.6 Å². The molecule has 0 bridgehead atoms. The van der Waals surface area contributed by atoms with Gasteiger partial charge in [-0.3, -0.25) is 9.59 Å². The van der Waals surface area contributed by atoms with Crippen molar-refractivity contribution in [3.8, 4) is 0 Å². The fourth-order valence-corrected chi connectivity index (χ4v) is 3.93. The normalized spacial score (nSPS) is 15.8. The van der Waals surface area contributed by atoms with Crippen molar-refractivity contribution in [2.45, 2.75) is 125 Å². The number of esters is 1. The van der Waals surface area contributed by atoms with Gasteiger partial charge in [0.15, 0.2) is 5.78 Å². The number of Topliss-reactive ketones (excluding diaryl/α,β-unsaturated/α-hetero) is 1. The first-order valence-corrected chi connectivity index (χ1v) is 14.1. The van der Waals surface area contributed by atoms with Crippen LogP contribution in [0, 0.1) is 11.3 Å². The van der Waals surface area contributed by atoms with Crippen LogP contribution in [-0.4, -0.2) is 55.2 Å². The monoisotopic (exact) mass is 525 g/mol. The lowest BCUT2D eigenvalue weighted by Gasteiger charge is -2.31. The molecule has 0 rings (SSSR count). The number of ether oxygens (including phenoxy) is 3. The van der Waals surface area contributed by atoms with E-state index in [0.29, 0.717) is 44.0 Å². The summed E-state index contributed by atoms with van der Waals surface area (Å²) in [4.78, 5) is 36.9. The highest BCUT2D eigenvalue weighted by molar-refractivity contribution is 5.87. The fourth-order valence-electron chi connectivity index (χ4n) is 3.93. The molecular weight excluding hydrogens is 470 g/mol. The van der Waals surface area contributed by atoms with E-state index in [1.807, 2.05) is 20.8 Å². The molecule has 7 nitrogen and oxygen atoms in total. The van der Waals surface area contributed by atoms with Gasteiger partial charge in [-0.25, -0.2) is 4.79 Å². The van der Waals surface area contributed by atoms with Crippen LogP contribution < -0.4 is 5.32 Å². The van der Waals surface area contributed by atoms with Crippen LogP contribution in [0.1, 0.15) is 114 Å². The van der Waals surface area contributed by atoms with Gasteiger partial charge in [0.2, 0.25) is 0 Å². The Balaban J connectivity index is 4.39. The molecule has 0 aromatic carbocycles. The Labute approximate surface area is 226 Å². The van der Waals surface area contributed by atoms with E-state index in [4.69, 9.17) is 14.2 Å². The number of hydrogen-bond acceptors (Lipinski definition) is 6. The quantitative estimate of drug-likeness (QED) is 0.109. The van der Waals surface area contributed by atoms with Gasteiger partial charge in [-0.15, -0.1) is 0 Å². The van der Waals surface area contributed by atoms with Crippen molar-refractivity contribution in [1.29, 1.82) is 0 Å². The van der Waals surface area contributed by atoms with E-state index in [0.717, 1.165) is 32.1 Å². The topological polar surface area (TPSA) is 90.9 Å². The van der Waals surface area contributed by atoms with Crippen molar-refractivity contribution in [2.24, 2.45) is 11.3 Å². The zero-order chi connectivity index (χ0) is 28.7. The number of ketones is 1. The first kappa shape index (κ1) is 35.3. The number of hydrogen-bond donors (Lipinski definition) is 1. The number of nitrogens with one attached hydrogen (secondary N) is 1. The molecule has 0 aliphatic heterocycles. The predicted molar refractivity (Wildman–Crippen MR) is 149 cm³/mol. The summed E-state index contributed by atoms with van der Waals surface area (Å²) in [7, 11) is 0. The van der Waals surface area contributed by atoms with Crippen molar-refractivity contribution in [3.63, 3.8) is 0 Å². The summed E-state index contributed by atoms with van der Waals surface area (Å²) in [6.07, 6.45) is 6.23. The Bertz CT molecular complexity index is 734. The molecule has 0 spiro atoms. The standard InChI is InChI=1S/C30H55NO6/c1-11-28(7,8)21-24(6)22-37-29(9,12-2)25(32)17-15-14-16-19-36-30(10,13-3)27(34)31-18-20-35-26(33)23(4)5/h24H,4,11-22H2,1-3,5-10H3,(H,31,34). The Hall–Kier alpha value is -1.73. The van der Waals surface area contributed by atoms with Crippen molar-refractivity contribution in [2.75, 3.05) is 26.4 Å². The molecule has 0 fully saturated rings. The van der Waals surface area contributed by atoms with Crippen LogP contribution in [0.3, 0.4) is 0 Å². The van der Waals surface area contributed by atoms with E-state index >= 15 is 0 Å². The van der Waals surface area contributed by atoms with Crippen LogP contribution in [0.4, 0.5) is 0 Å². The summed E-state index contributed by atoms with van der Waals surface area (Å²) in [5.74, 6) is -0.146. The lowest BCUT2D eigenvalue weighted by atomic mass is 9.81. The van der Waals surface area contributed by atoms with E-state index in [9.17, 15) is 14.4 Å². The van der Waals surface area contributed by atoms with Gasteiger partial charge in [0.05, 0.1) is 13.2 Å². The number of unbranched alkanes of at least 4 members (excludes halogenated alkanes) is 2. The summed E-state index contributed by atoms with van der Waals surface area (Å²) in [5, 5.41) is 2.76. The highest BCUT2D eigenvalue weighted by atomic mass is 16.5. The zero-order valence-corrected chi connectivity index (χ0v) is 25.2. The molecule has 0 aromatic rings. The Kier molecular flexibility index (Phi) is 16.2. The lowest BCUT2D eigenvalue weighted by Crippen LogP contribution is -2.47. The van der Waals surface area contributed by atoms with Gasteiger partial charge in [-0.1, -0.05) is 61.0 Å². The maximum atomic E-state index is 12.9. The van der Waals surface area contributed by atoms with E-state index in [-0.39, 0.29) is 30.3 Å². The summed E-state index contributed by atoms with van der Waals surface area (Å²) in [6, 6.07) is 0. The fraction of sp³-hybridized carbons (Fsp3) is 0.833. The largest absolute Gasteiger partial charge is 0.460 e. The number of amides is 1. The first-order chi connectivity index (χ1) is 17.2. The molecule has 0 radical (unpaired) electrons. The third-order valence-electron chi connectivity index (χ3n) is 7.40. The molecule has 37 heavy (non-hydrogen) atoms. The minimum atomic E-state index is -0.953. The minimum absolute atomic E-state index is 0.0846. The van der Waals surface area contributed by atoms with E-state index in [2.05, 4.69) is 39.6 Å². The molecule has 216 valence electrons. The Morgan fingerprint density at radius 2 is 1.49 bits per heavy atom. The van der Waals surface area contributed by atoms with Crippen LogP contribution in [0.25, 0.3) is 0 Å². The summed E-state index contributed by atoms with van der Waals surface area (Å²) in [5.41, 5.74) is -1.08. The van der Waals surface area contributed by atoms with Crippen molar-refractivity contribution >= 4 is 17.7 Å². The van der Waals surface area contributed by atoms with Gasteiger partial charge < -0.3 is 19.5 Å². The third-order valence-corrected chi connectivity index (χ3v) is 7.40. The molecule has 0 aliphatic rings. The Morgan fingerprint density at radius 3 is 2.03 bits per heavy atom. The van der Waals surface area contributed by atoms with Crippen molar-refractivity contribution in [1.82, 2.24) is 5.32 Å². The zero-order valence-electron chi connectivity index (χ0n) is 25.2. The first-order valence-electron chi connectivity index (χ1n) is 14.1. The lowest BCUT2D eigenvalue weighted by molar-refractivity contribution is -0.147. The molecular formula is C30H55NO6. The molecule has 0 aromatic heterocycles. The average Bonchev–Trinajstić information content (AvgIpc) is 2.86.